The Hall–Kier alpha value is -2.93. The van der Waals surface area contributed by atoms with Crippen molar-refractivity contribution < 1.29 is 19.1 Å². The Morgan fingerprint density at radius 2 is 1.76 bits per heavy atom. The van der Waals surface area contributed by atoms with Gasteiger partial charge in [-0.25, -0.2) is 0 Å². The topological polar surface area (TPSA) is 76.7 Å². The summed E-state index contributed by atoms with van der Waals surface area (Å²) in [7, 11) is 1.57. The van der Waals surface area contributed by atoms with Crippen LogP contribution in [0.25, 0.3) is 0 Å². The molecule has 7 heteroatoms. The highest BCUT2D eigenvalue weighted by atomic mass is 32.1. The predicted octanol–water partition coefficient (Wildman–Crippen LogP) is 2.79. The Balaban J connectivity index is 1.82. The molecule has 0 aliphatic carbocycles. The van der Waals surface area contributed by atoms with Gasteiger partial charge in [0.05, 0.1) is 7.11 Å². The van der Waals surface area contributed by atoms with Gasteiger partial charge in [-0.05, 0) is 55.5 Å². The van der Waals surface area contributed by atoms with Crippen molar-refractivity contribution in [3.8, 4) is 11.5 Å². The number of carbonyl (C=O) groups is 2. The number of nitrogens with one attached hydrogen (secondary N) is 2. The van der Waals surface area contributed by atoms with Crippen molar-refractivity contribution in [1.82, 2.24) is 5.32 Å². The average molecular weight is 358 g/mol. The van der Waals surface area contributed by atoms with E-state index in [4.69, 9.17) is 21.7 Å². The summed E-state index contributed by atoms with van der Waals surface area (Å²) < 4.78 is 10.4. The number of hydrogen-bond donors (Lipinski definition) is 2. The molecule has 1 amide bonds. The summed E-state index contributed by atoms with van der Waals surface area (Å²) in [5.41, 5.74) is 1.18. The number of methoxy groups -OCH3 is 1. The highest BCUT2D eigenvalue weighted by Crippen LogP contribution is 2.16. The maximum Gasteiger partial charge on any atom is 0.264 e. The zero-order valence-electron chi connectivity index (χ0n) is 13.9. The van der Waals surface area contributed by atoms with Gasteiger partial charge in [0, 0.05) is 11.3 Å². The van der Waals surface area contributed by atoms with Crippen LogP contribution in [0, 0.1) is 0 Å². The van der Waals surface area contributed by atoms with Gasteiger partial charge in [0.1, 0.15) is 11.5 Å². The molecule has 0 bridgehead atoms. The normalized spacial score (nSPS) is 9.84. The van der Waals surface area contributed by atoms with Crippen molar-refractivity contribution in [3.63, 3.8) is 0 Å². The molecule has 0 saturated heterocycles. The van der Waals surface area contributed by atoms with E-state index in [0.717, 1.165) is 0 Å². The SMILES string of the molecule is COc1ccc(OCC(=O)NC(=S)Nc2cccc(C(C)=O)c2)cc1. The second kappa shape index (κ2) is 8.79. The molecule has 2 N–H and O–H groups in total. The number of anilines is 1. The summed E-state index contributed by atoms with van der Waals surface area (Å²) in [5.74, 6) is 0.807. The van der Waals surface area contributed by atoms with Crippen LogP contribution in [0.3, 0.4) is 0 Å². The molecule has 6 nitrogen and oxygen atoms in total. The molecule has 2 aromatic carbocycles. The lowest BCUT2D eigenvalue weighted by molar-refractivity contribution is -0.121. The molecule has 2 rings (SSSR count). The number of thiocarbonyl (C=S) groups is 1. The summed E-state index contributed by atoms with van der Waals surface area (Å²) in [6.07, 6.45) is 0. The van der Waals surface area contributed by atoms with Gasteiger partial charge in [0.2, 0.25) is 0 Å². The second-order valence-corrected chi connectivity index (χ2v) is 5.51. The second-order valence-electron chi connectivity index (χ2n) is 5.10. The molecule has 0 aliphatic heterocycles. The van der Waals surface area contributed by atoms with E-state index in [0.29, 0.717) is 22.7 Å². The van der Waals surface area contributed by atoms with Crippen LogP contribution >= 0.6 is 12.2 Å². The lowest BCUT2D eigenvalue weighted by Gasteiger charge is -2.11. The fourth-order valence-corrected chi connectivity index (χ4v) is 2.19. The molecular formula is C18H18N2O4S. The smallest absolute Gasteiger partial charge is 0.264 e. The van der Waals surface area contributed by atoms with E-state index < -0.39 is 5.91 Å². The minimum atomic E-state index is -0.393. The largest absolute Gasteiger partial charge is 0.497 e. The van der Waals surface area contributed by atoms with Crippen LogP contribution in [0.5, 0.6) is 11.5 Å². The zero-order valence-corrected chi connectivity index (χ0v) is 14.7. The van der Waals surface area contributed by atoms with Gasteiger partial charge in [-0.2, -0.15) is 0 Å². The highest BCUT2D eigenvalue weighted by Gasteiger charge is 2.07. The van der Waals surface area contributed by atoms with E-state index in [2.05, 4.69) is 10.6 Å². The van der Waals surface area contributed by atoms with Crippen LogP contribution in [0.1, 0.15) is 17.3 Å². The Morgan fingerprint density at radius 1 is 1.08 bits per heavy atom. The first-order chi connectivity index (χ1) is 12.0. The van der Waals surface area contributed by atoms with Gasteiger partial charge >= 0.3 is 0 Å². The molecule has 0 unspecified atom stereocenters. The molecule has 0 heterocycles. The van der Waals surface area contributed by atoms with Crippen LogP contribution < -0.4 is 20.1 Å². The van der Waals surface area contributed by atoms with E-state index in [-0.39, 0.29) is 17.5 Å². The lowest BCUT2D eigenvalue weighted by atomic mass is 10.1. The maximum atomic E-state index is 11.9. The summed E-state index contributed by atoms with van der Waals surface area (Å²) in [6, 6.07) is 13.7. The Morgan fingerprint density at radius 3 is 2.40 bits per heavy atom. The Labute approximate surface area is 151 Å². The molecule has 0 radical (unpaired) electrons. The van der Waals surface area contributed by atoms with E-state index in [9.17, 15) is 9.59 Å². The van der Waals surface area contributed by atoms with Crippen LogP contribution in [0.15, 0.2) is 48.5 Å². The zero-order chi connectivity index (χ0) is 18.2. The molecule has 0 fully saturated rings. The number of Topliss-reactive ketones (excluding diaryl/α,β-unsaturated/α-hetero) is 1. The Bertz CT molecular complexity index is 775. The predicted molar refractivity (Wildman–Crippen MR) is 99.3 cm³/mol. The first-order valence-corrected chi connectivity index (χ1v) is 7.87. The van der Waals surface area contributed by atoms with Crippen molar-refractivity contribution in [1.29, 1.82) is 0 Å². The number of ether oxygens (including phenoxy) is 2. The van der Waals surface area contributed by atoms with Crippen LogP contribution in [-0.2, 0) is 4.79 Å². The van der Waals surface area contributed by atoms with Crippen LogP contribution in [0.2, 0.25) is 0 Å². The minimum absolute atomic E-state index is 0.0495. The average Bonchev–Trinajstić information content (AvgIpc) is 2.60. The van der Waals surface area contributed by atoms with Crippen LogP contribution in [0.4, 0.5) is 5.69 Å². The molecule has 0 atom stereocenters. The summed E-state index contributed by atoms with van der Waals surface area (Å²) in [5, 5.41) is 5.50. The highest BCUT2D eigenvalue weighted by molar-refractivity contribution is 7.80. The molecule has 2 aromatic rings. The van der Waals surface area contributed by atoms with E-state index >= 15 is 0 Å². The van der Waals surface area contributed by atoms with Crippen molar-refractivity contribution in [2.45, 2.75) is 6.92 Å². The molecule has 0 aromatic heterocycles. The van der Waals surface area contributed by atoms with Crippen LogP contribution in [-0.4, -0.2) is 30.5 Å². The van der Waals surface area contributed by atoms with Gasteiger partial charge in [-0.1, -0.05) is 12.1 Å². The van der Waals surface area contributed by atoms with E-state index in [1.54, 1.807) is 55.6 Å². The first kappa shape index (κ1) is 18.4. The molecule has 0 saturated carbocycles. The fourth-order valence-electron chi connectivity index (χ4n) is 1.96. The summed E-state index contributed by atoms with van der Waals surface area (Å²) in [4.78, 5) is 23.2. The monoisotopic (exact) mass is 358 g/mol. The third-order valence-corrected chi connectivity index (χ3v) is 3.41. The molecule has 130 valence electrons. The van der Waals surface area contributed by atoms with Gasteiger partial charge < -0.3 is 14.8 Å². The molecule has 25 heavy (non-hydrogen) atoms. The van der Waals surface area contributed by atoms with Crippen molar-refractivity contribution in [2.75, 3.05) is 19.0 Å². The van der Waals surface area contributed by atoms with E-state index in [1.165, 1.54) is 6.92 Å². The first-order valence-electron chi connectivity index (χ1n) is 7.46. The number of rotatable bonds is 6. The number of hydrogen-bond acceptors (Lipinski definition) is 5. The maximum absolute atomic E-state index is 11.9. The summed E-state index contributed by atoms with van der Waals surface area (Å²) >= 11 is 5.08. The number of benzene rings is 2. The van der Waals surface area contributed by atoms with Crippen molar-refractivity contribution in [2.24, 2.45) is 0 Å². The quantitative estimate of drug-likeness (QED) is 0.611. The minimum Gasteiger partial charge on any atom is -0.497 e. The summed E-state index contributed by atoms with van der Waals surface area (Å²) in [6.45, 7) is 1.30. The van der Waals surface area contributed by atoms with E-state index in [1.807, 2.05) is 0 Å². The van der Waals surface area contributed by atoms with Crippen molar-refractivity contribution in [3.05, 3.63) is 54.1 Å². The third kappa shape index (κ3) is 5.89. The van der Waals surface area contributed by atoms with Gasteiger partial charge in [0.15, 0.2) is 17.5 Å². The Kier molecular flexibility index (Phi) is 6.47. The van der Waals surface area contributed by atoms with Gasteiger partial charge in [0.25, 0.3) is 5.91 Å². The standard InChI is InChI=1S/C18H18N2O4S/c1-12(21)13-4-3-5-14(10-13)19-18(25)20-17(22)11-24-16-8-6-15(23-2)7-9-16/h3-10H,11H2,1-2H3,(H2,19,20,22,25). The fraction of sp³-hybridized carbons (Fsp3) is 0.167. The molecule has 0 aliphatic rings. The third-order valence-electron chi connectivity index (χ3n) is 3.21. The molecular weight excluding hydrogens is 340 g/mol. The van der Waals surface area contributed by atoms with Gasteiger partial charge in [-0.3, -0.25) is 14.9 Å². The number of ketones is 1. The van der Waals surface area contributed by atoms with Gasteiger partial charge in [-0.15, -0.1) is 0 Å². The van der Waals surface area contributed by atoms with Crippen molar-refractivity contribution >= 4 is 34.7 Å². The number of carbonyl (C=O) groups excluding carboxylic acids is 2. The lowest BCUT2D eigenvalue weighted by Crippen LogP contribution is -2.37. The number of amides is 1. The molecule has 0 spiro atoms.